The predicted molar refractivity (Wildman–Crippen MR) is 123 cm³/mol. The van der Waals surface area contributed by atoms with Crippen molar-refractivity contribution >= 4 is 23.9 Å². The minimum Gasteiger partial charge on any atom is -0.480 e. The lowest BCUT2D eigenvalue weighted by molar-refractivity contribution is -0.141. The van der Waals surface area contributed by atoms with Gasteiger partial charge in [0.05, 0.1) is 0 Å². The topological polar surface area (TPSA) is 95.5 Å². The molecule has 1 atom stereocenters. The molecule has 162 valence electrons. The van der Waals surface area contributed by atoms with Crippen molar-refractivity contribution in [3.05, 3.63) is 113 Å². The summed E-state index contributed by atoms with van der Waals surface area (Å²) in [6.07, 6.45) is 1.63. The van der Waals surface area contributed by atoms with E-state index in [0.29, 0.717) is 11.1 Å². The van der Waals surface area contributed by atoms with Crippen LogP contribution in [0.4, 0.5) is 0 Å². The summed E-state index contributed by atoms with van der Waals surface area (Å²) in [6.45, 7) is 1.91. The number of carboxylic acids is 1. The van der Waals surface area contributed by atoms with E-state index in [9.17, 15) is 19.5 Å². The van der Waals surface area contributed by atoms with Crippen molar-refractivity contribution < 1.29 is 19.5 Å². The Morgan fingerprint density at radius 3 is 2.06 bits per heavy atom. The number of amides is 2. The second kappa shape index (κ2) is 10.7. The summed E-state index contributed by atoms with van der Waals surface area (Å²) in [6, 6.07) is 23.8. The largest absolute Gasteiger partial charge is 0.480 e. The first-order chi connectivity index (χ1) is 15.4. The van der Waals surface area contributed by atoms with Crippen LogP contribution in [0.25, 0.3) is 6.08 Å². The zero-order valence-electron chi connectivity index (χ0n) is 17.6. The average molecular weight is 428 g/mol. The highest BCUT2D eigenvalue weighted by Crippen LogP contribution is 2.10. The third-order valence-electron chi connectivity index (χ3n) is 4.80. The van der Waals surface area contributed by atoms with Crippen LogP contribution in [0.15, 0.2) is 90.6 Å². The summed E-state index contributed by atoms with van der Waals surface area (Å²) >= 11 is 0. The summed E-state index contributed by atoms with van der Waals surface area (Å²) < 4.78 is 0. The van der Waals surface area contributed by atoms with Crippen LogP contribution in [-0.4, -0.2) is 28.9 Å². The molecular formula is C26H24N2O4. The molecule has 0 radical (unpaired) electrons. The molecule has 0 aliphatic carbocycles. The van der Waals surface area contributed by atoms with Gasteiger partial charge in [-0.05, 0) is 36.3 Å². The molecule has 6 heteroatoms. The van der Waals surface area contributed by atoms with Gasteiger partial charge in [-0.2, -0.15) is 0 Å². The Bertz CT molecular complexity index is 1110. The number of benzene rings is 3. The molecule has 0 spiro atoms. The fraction of sp³-hybridized carbons (Fsp3) is 0.115. The molecule has 0 aliphatic rings. The molecule has 3 rings (SSSR count). The van der Waals surface area contributed by atoms with E-state index >= 15 is 0 Å². The van der Waals surface area contributed by atoms with Gasteiger partial charge in [-0.25, -0.2) is 4.79 Å². The summed E-state index contributed by atoms with van der Waals surface area (Å²) in [5, 5.41) is 14.8. The van der Waals surface area contributed by atoms with Gasteiger partial charge in [0, 0.05) is 12.0 Å². The number of carboxylic acid groups (broad SMARTS) is 1. The molecule has 3 N–H and O–H groups in total. The lowest BCUT2D eigenvalue weighted by Gasteiger charge is -2.17. The molecule has 6 nitrogen and oxygen atoms in total. The van der Waals surface area contributed by atoms with Gasteiger partial charge in [0.15, 0.2) is 0 Å². The molecule has 0 unspecified atom stereocenters. The highest BCUT2D eigenvalue weighted by Gasteiger charge is 2.23. The highest BCUT2D eigenvalue weighted by atomic mass is 16.4. The van der Waals surface area contributed by atoms with Crippen LogP contribution in [0, 0.1) is 6.92 Å². The van der Waals surface area contributed by atoms with Gasteiger partial charge in [0.2, 0.25) is 0 Å². The van der Waals surface area contributed by atoms with Crippen LogP contribution in [0.2, 0.25) is 0 Å². The van der Waals surface area contributed by atoms with E-state index in [1.54, 1.807) is 72.8 Å². The molecule has 0 bridgehead atoms. The Labute approximate surface area is 186 Å². The Morgan fingerprint density at radius 2 is 1.47 bits per heavy atom. The molecule has 0 fully saturated rings. The lowest BCUT2D eigenvalue weighted by atomic mass is 10.1. The quantitative estimate of drug-likeness (QED) is 0.478. The predicted octanol–water partition coefficient (Wildman–Crippen LogP) is 3.58. The summed E-state index contributed by atoms with van der Waals surface area (Å²) in [5.41, 5.74) is 2.82. The maximum Gasteiger partial charge on any atom is 0.326 e. The number of carbonyl (C=O) groups is 3. The van der Waals surface area contributed by atoms with Crippen molar-refractivity contribution in [3.8, 4) is 0 Å². The second-order valence-corrected chi connectivity index (χ2v) is 7.34. The molecule has 0 heterocycles. The van der Waals surface area contributed by atoms with Crippen molar-refractivity contribution in [2.24, 2.45) is 0 Å². The SMILES string of the molecule is Cc1ccc(C(=O)N/C(=C/c2ccccc2)C(=O)N[C@H](Cc2ccccc2)C(=O)O)cc1. The van der Waals surface area contributed by atoms with Crippen molar-refractivity contribution in [2.75, 3.05) is 0 Å². The van der Waals surface area contributed by atoms with Gasteiger partial charge >= 0.3 is 5.97 Å². The van der Waals surface area contributed by atoms with Gasteiger partial charge in [0.25, 0.3) is 11.8 Å². The van der Waals surface area contributed by atoms with E-state index in [1.807, 2.05) is 19.1 Å². The zero-order valence-corrected chi connectivity index (χ0v) is 17.6. The maximum absolute atomic E-state index is 13.0. The van der Waals surface area contributed by atoms with E-state index in [1.165, 1.54) is 6.08 Å². The minimum absolute atomic E-state index is 0.0407. The third kappa shape index (κ3) is 6.40. The number of aryl methyl sites for hydroxylation is 1. The van der Waals surface area contributed by atoms with Crippen LogP contribution in [0.3, 0.4) is 0 Å². The Kier molecular flexibility index (Phi) is 7.54. The molecule has 3 aromatic rings. The lowest BCUT2D eigenvalue weighted by Crippen LogP contribution is -2.45. The van der Waals surface area contributed by atoms with Crippen LogP contribution in [0.5, 0.6) is 0 Å². The van der Waals surface area contributed by atoms with Gasteiger partial charge < -0.3 is 15.7 Å². The number of hydrogen-bond acceptors (Lipinski definition) is 3. The van der Waals surface area contributed by atoms with Crippen molar-refractivity contribution in [3.63, 3.8) is 0 Å². The first kappa shape index (κ1) is 22.5. The average Bonchev–Trinajstić information content (AvgIpc) is 2.80. The van der Waals surface area contributed by atoms with Gasteiger partial charge in [0.1, 0.15) is 11.7 Å². The van der Waals surface area contributed by atoms with Gasteiger partial charge in [-0.1, -0.05) is 78.4 Å². The Balaban J connectivity index is 1.83. The smallest absolute Gasteiger partial charge is 0.326 e. The van der Waals surface area contributed by atoms with Crippen molar-refractivity contribution in [1.82, 2.24) is 10.6 Å². The molecule has 32 heavy (non-hydrogen) atoms. The minimum atomic E-state index is -1.16. The summed E-state index contributed by atoms with van der Waals surface area (Å²) in [5.74, 6) is -2.30. The highest BCUT2D eigenvalue weighted by molar-refractivity contribution is 6.06. The number of aliphatic carboxylic acids is 1. The molecule has 0 aromatic heterocycles. The molecule has 3 aromatic carbocycles. The molecule has 0 aliphatic heterocycles. The zero-order chi connectivity index (χ0) is 22.9. The molecule has 0 saturated heterocycles. The van der Waals surface area contributed by atoms with E-state index in [4.69, 9.17) is 0 Å². The normalized spacial score (nSPS) is 12.0. The fourth-order valence-electron chi connectivity index (χ4n) is 3.06. The van der Waals surface area contributed by atoms with Crippen molar-refractivity contribution in [1.29, 1.82) is 0 Å². The summed E-state index contributed by atoms with van der Waals surface area (Å²) in [7, 11) is 0. The van der Waals surface area contributed by atoms with E-state index < -0.39 is 23.8 Å². The van der Waals surface area contributed by atoms with Gasteiger partial charge in [-0.3, -0.25) is 9.59 Å². The number of carbonyl (C=O) groups excluding carboxylic acids is 2. The third-order valence-corrected chi connectivity index (χ3v) is 4.80. The fourth-order valence-corrected chi connectivity index (χ4v) is 3.06. The number of nitrogens with one attached hydrogen (secondary N) is 2. The van der Waals surface area contributed by atoms with Crippen LogP contribution < -0.4 is 10.6 Å². The van der Waals surface area contributed by atoms with Crippen LogP contribution >= 0.6 is 0 Å². The number of hydrogen-bond donors (Lipinski definition) is 3. The van der Waals surface area contributed by atoms with E-state index in [-0.39, 0.29) is 12.1 Å². The molecule has 2 amide bonds. The first-order valence-corrected chi connectivity index (χ1v) is 10.1. The van der Waals surface area contributed by atoms with E-state index in [0.717, 1.165) is 11.1 Å². The monoisotopic (exact) mass is 428 g/mol. The van der Waals surface area contributed by atoms with E-state index in [2.05, 4.69) is 10.6 Å². The summed E-state index contributed by atoms with van der Waals surface area (Å²) in [4.78, 5) is 37.5. The van der Waals surface area contributed by atoms with Crippen molar-refractivity contribution in [2.45, 2.75) is 19.4 Å². The number of rotatable bonds is 8. The first-order valence-electron chi connectivity index (χ1n) is 10.1. The molecule has 0 saturated carbocycles. The second-order valence-electron chi connectivity index (χ2n) is 7.34. The maximum atomic E-state index is 13.0. The van der Waals surface area contributed by atoms with Gasteiger partial charge in [-0.15, -0.1) is 0 Å². The molecular weight excluding hydrogens is 404 g/mol. The Morgan fingerprint density at radius 1 is 0.875 bits per heavy atom. The standard InChI is InChI=1S/C26H24N2O4/c1-18-12-14-21(15-13-18)24(29)27-22(16-19-8-4-2-5-9-19)25(30)28-23(26(31)32)17-20-10-6-3-7-11-20/h2-16,23H,17H2,1H3,(H,27,29)(H,28,30)(H,31,32)/b22-16+/t23-/m1/s1. The van der Waals surface area contributed by atoms with Crippen LogP contribution in [0.1, 0.15) is 27.0 Å². The Hall–Kier alpha value is -4.19. The van der Waals surface area contributed by atoms with Crippen LogP contribution in [-0.2, 0) is 16.0 Å².